The van der Waals surface area contributed by atoms with E-state index in [0.29, 0.717) is 12.1 Å². The van der Waals surface area contributed by atoms with Crippen LogP contribution in [0.2, 0.25) is 0 Å². The van der Waals surface area contributed by atoms with Gasteiger partial charge in [0.25, 0.3) is 0 Å². The Hall–Kier alpha value is -2.48. The molecule has 1 aliphatic carbocycles. The van der Waals surface area contributed by atoms with E-state index in [0.717, 1.165) is 0 Å². The van der Waals surface area contributed by atoms with E-state index in [1.807, 2.05) is 20.8 Å². The number of primary amides is 1. The van der Waals surface area contributed by atoms with Gasteiger partial charge in [-0.25, -0.2) is 0 Å². The highest BCUT2D eigenvalue weighted by molar-refractivity contribution is 5.94. The highest BCUT2D eigenvalue weighted by Crippen LogP contribution is 2.65. The second-order valence-electron chi connectivity index (χ2n) is 9.86. The Morgan fingerprint density at radius 1 is 1.31 bits per heavy atom. The number of likely N-dealkylation sites (tertiary alicyclic amines) is 1. The first-order valence-corrected chi connectivity index (χ1v) is 9.93. The summed E-state index contributed by atoms with van der Waals surface area (Å²) < 4.78 is 0. The van der Waals surface area contributed by atoms with Gasteiger partial charge in [-0.3, -0.25) is 19.4 Å². The van der Waals surface area contributed by atoms with Crippen molar-refractivity contribution in [3.63, 3.8) is 0 Å². The number of nitrogens with one attached hydrogen (secondary N) is 1. The van der Waals surface area contributed by atoms with Crippen LogP contribution in [-0.2, 0) is 14.4 Å². The molecule has 3 rings (SSSR count). The first-order valence-electron chi connectivity index (χ1n) is 9.93. The molecular formula is C21H31N5O3. The molecule has 8 nitrogen and oxygen atoms in total. The van der Waals surface area contributed by atoms with Crippen molar-refractivity contribution in [1.29, 1.82) is 0 Å². The Labute approximate surface area is 171 Å². The van der Waals surface area contributed by atoms with Gasteiger partial charge in [-0.05, 0) is 28.7 Å². The molecule has 3 amide bonds. The maximum absolute atomic E-state index is 13.3. The highest BCUT2D eigenvalue weighted by Gasteiger charge is 2.69. The van der Waals surface area contributed by atoms with Gasteiger partial charge < -0.3 is 21.7 Å². The van der Waals surface area contributed by atoms with E-state index in [2.05, 4.69) is 24.1 Å². The number of fused-ring (bicyclic) bond motifs is 1. The largest absolute Gasteiger partial charge is 0.368 e. The fourth-order valence-corrected chi connectivity index (χ4v) is 4.46. The van der Waals surface area contributed by atoms with Crippen molar-refractivity contribution in [3.8, 4) is 0 Å². The van der Waals surface area contributed by atoms with Gasteiger partial charge in [-0.15, -0.1) is 0 Å². The normalized spacial score (nSPS) is 27.0. The van der Waals surface area contributed by atoms with Crippen LogP contribution < -0.4 is 16.8 Å². The molecule has 1 aromatic heterocycles. The van der Waals surface area contributed by atoms with Gasteiger partial charge in [-0.2, -0.15) is 0 Å². The Bertz CT molecular complexity index is 817. The predicted molar refractivity (Wildman–Crippen MR) is 108 cm³/mol. The third-order valence-corrected chi connectivity index (χ3v) is 6.55. The molecule has 1 saturated carbocycles. The summed E-state index contributed by atoms with van der Waals surface area (Å²) in [4.78, 5) is 44.0. The van der Waals surface area contributed by atoms with E-state index in [9.17, 15) is 14.4 Å². The summed E-state index contributed by atoms with van der Waals surface area (Å²) in [7, 11) is 0. The van der Waals surface area contributed by atoms with E-state index >= 15 is 0 Å². The summed E-state index contributed by atoms with van der Waals surface area (Å²) in [6.07, 6.45) is 3.07. The number of nitrogens with two attached hydrogens (primary N) is 2. The van der Waals surface area contributed by atoms with Crippen LogP contribution in [0.25, 0.3) is 0 Å². The Morgan fingerprint density at radius 2 is 1.97 bits per heavy atom. The molecule has 1 saturated heterocycles. The van der Waals surface area contributed by atoms with E-state index in [-0.39, 0.29) is 29.1 Å². The first kappa shape index (κ1) is 21.2. The summed E-state index contributed by atoms with van der Waals surface area (Å²) in [5.41, 5.74) is 11.8. The topological polar surface area (TPSA) is 131 Å². The fourth-order valence-electron chi connectivity index (χ4n) is 4.46. The lowest BCUT2D eigenvalue weighted by atomic mass is 9.86. The van der Waals surface area contributed by atoms with Crippen molar-refractivity contribution in [3.05, 3.63) is 30.1 Å². The van der Waals surface area contributed by atoms with Crippen molar-refractivity contribution in [1.82, 2.24) is 15.2 Å². The number of hydrogen-bond acceptors (Lipinski definition) is 5. The van der Waals surface area contributed by atoms with Gasteiger partial charge in [-0.1, -0.05) is 40.7 Å². The summed E-state index contributed by atoms with van der Waals surface area (Å²) >= 11 is 0. The minimum absolute atomic E-state index is 0.0287. The fraction of sp³-hybridized carbons (Fsp3) is 0.619. The molecule has 1 aliphatic heterocycles. The van der Waals surface area contributed by atoms with E-state index in [1.165, 1.54) is 6.20 Å². The van der Waals surface area contributed by atoms with Gasteiger partial charge in [0.1, 0.15) is 12.1 Å². The number of carbonyl (C=O) groups is 3. The molecule has 158 valence electrons. The van der Waals surface area contributed by atoms with Crippen LogP contribution in [0.15, 0.2) is 24.5 Å². The monoisotopic (exact) mass is 401 g/mol. The minimum Gasteiger partial charge on any atom is -0.368 e. The number of hydrogen-bond donors (Lipinski definition) is 3. The Balaban J connectivity index is 1.85. The quantitative estimate of drug-likeness (QED) is 0.664. The molecule has 0 aromatic carbocycles. The van der Waals surface area contributed by atoms with Gasteiger partial charge in [0.05, 0.1) is 6.04 Å². The molecule has 0 unspecified atom stereocenters. The molecule has 0 radical (unpaired) electrons. The van der Waals surface area contributed by atoms with Crippen LogP contribution in [0.3, 0.4) is 0 Å². The molecule has 5 N–H and O–H groups in total. The van der Waals surface area contributed by atoms with Gasteiger partial charge in [0, 0.05) is 24.5 Å². The van der Waals surface area contributed by atoms with Crippen molar-refractivity contribution < 1.29 is 14.4 Å². The van der Waals surface area contributed by atoms with Gasteiger partial charge in [0.2, 0.25) is 17.7 Å². The predicted octanol–water partition coefficient (Wildman–Crippen LogP) is 0.581. The van der Waals surface area contributed by atoms with E-state index in [4.69, 9.17) is 11.5 Å². The second kappa shape index (κ2) is 7.09. The van der Waals surface area contributed by atoms with E-state index in [1.54, 1.807) is 23.2 Å². The number of rotatable bonds is 5. The third-order valence-electron chi connectivity index (χ3n) is 6.55. The molecular weight excluding hydrogens is 370 g/mol. The second-order valence-corrected chi connectivity index (χ2v) is 9.86. The molecule has 0 bridgehead atoms. The maximum Gasteiger partial charge on any atom is 0.244 e. The average Bonchev–Trinajstić information content (AvgIpc) is 3.00. The molecule has 1 aromatic rings. The molecule has 8 heteroatoms. The third kappa shape index (κ3) is 3.73. The summed E-state index contributed by atoms with van der Waals surface area (Å²) in [5, 5.41) is 2.74. The number of nitrogens with zero attached hydrogens (tertiary/aromatic N) is 2. The van der Waals surface area contributed by atoms with Crippen LogP contribution in [-0.4, -0.2) is 46.2 Å². The van der Waals surface area contributed by atoms with Gasteiger partial charge >= 0.3 is 0 Å². The molecule has 2 heterocycles. The number of amides is 3. The Kier molecular flexibility index (Phi) is 5.19. The van der Waals surface area contributed by atoms with Crippen molar-refractivity contribution in [2.75, 3.05) is 6.54 Å². The average molecular weight is 402 g/mol. The van der Waals surface area contributed by atoms with Crippen molar-refractivity contribution >= 4 is 17.7 Å². The molecule has 29 heavy (non-hydrogen) atoms. The van der Waals surface area contributed by atoms with E-state index < -0.39 is 29.4 Å². The summed E-state index contributed by atoms with van der Waals surface area (Å²) in [5.74, 6) is -1.04. The molecule has 2 fully saturated rings. The Morgan fingerprint density at radius 3 is 2.48 bits per heavy atom. The molecule has 5 atom stereocenters. The molecule has 2 aliphatic rings. The zero-order chi connectivity index (χ0) is 21.7. The smallest absolute Gasteiger partial charge is 0.244 e. The zero-order valence-corrected chi connectivity index (χ0v) is 17.7. The number of pyridine rings is 1. The number of carbonyl (C=O) groups excluding carboxylic acids is 3. The first-order chi connectivity index (χ1) is 13.4. The summed E-state index contributed by atoms with van der Waals surface area (Å²) in [6, 6.07) is 0.952. The van der Waals surface area contributed by atoms with Crippen LogP contribution in [0.1, 0.15) is 46.2 Å². The minimum atomic E-state index is -1.01. The van der Waals surface area contributed by atoms with Crippen LogP contribution >= 0.6 is 0 Å². The molecule has 0 spiro atoms. The highest BCUT2D eigenvalue weighted by atomic mass is 16.2. The lowest BCUT2D eigenvalue weighted by Crippen LogP contribution is -2.57. The lowest BCUT2D eigenvalue weighted by Gasteiger charge is -2.36. The maximum atomic E-state index is 13.3. The SMILES string of the molecule is CC(C)(C)[C@H](N)C(=O)N1C[C@H]2[C@@H]([C@H]1C(=O)N[C@H](C(N)=O)c1cccnc1)C2(C)C. The lowest BCUT2D eigenvalue weighted by molar-refractivity contribution is -0.143. The van der Waals surface area contributed by atoms with Crippen LogP contribution in [0.4, 0.5) is 0 Å². The van der Waals surface area contributed by atoms with Gasteiger partial charge in [0.15, 0.2) is 0 Å². The summed E-state index contributed by atoms with van der Waals surface area (Å²) in [6.45, 7) is 10.4. The number of aromatic nitrogens is 1. The van der Waals surface area contributed by atoms with Crippen LogP contribution in [0, 0.1) is 22.7 Å². The van der Waals surface area contributed by atoms with Crippen molar-refractivity contribution in [2.45, 2.75) is 52.7 Å². The zero-order valence-electron chi connectivity index (χ0n) is 17.7. The van der Waals surface area contributed by atoms with Crippen LogP contribution in [0.5, 0.6) is 0 Å². The standard InChI is InChI=1S/C21H31N5O3/c1-20(2,3)16(22)19(29)26-10-12-13(21(12,4)5)15(26)18(28)25-14(17(23)27)11-7-6-8-24-9-11/h6-9,12-16H,10,22H2,1-5H3,(H2,23,27)(H,25,28)/t12-,13-,14-,15-,16+/m0/s1. The number of piperidine rings is 1. The van der Waals surface area contributed by atoms with Crippen molar-refractivity contribution in [2.24, 2.45) is 34.1 Å².